The SMILES string of the molecule is COCCN1C(=O)C(=O)/C(=C(/O)c2cc(C)cc(Cl)c2OC)C1c1ccc(OC)c(OC)c1. The van der Waals surface area contributed by atoms with Crippen molar-refractivity contribution in [1.82, 2.24) is 4.90 Å². The predicted molar refractivity (Wildman–Crippen MR) is 123 cm³/mol. The number of aliphatic hydroxyl groups excluding tert-OH is 1. The highest BCUT2D eigenvalue weighted by molar-refractivity contribution is 6.46. The first-order valence-corrected chi connectivity index (χ1v) is 10.5. The van der Waals surface area contributed by atoms with Gasteiger partial charge in [0.1, 0.15) is 11.5 Å². The molecule has 0 saturated carbocycles. The quantitative estimate of drug-likeness (QED) is 0.353. The number of ketones is 1. The Bertz CT molecular complexity index is 1110. The van der Waals surface area contributed by atoms with Crippen LogP contribution in [0.15, 0.2) is 35.9 Å². The molecule has 1 atom stereocenters. The molecule has 33 heavy (non-hydrogen) atoms. The lowest BCUT2D eigenvalue weighted by Gasteiger charge is -2.26. The molecule has 8 nitrogen and oxygen atoms in total. The van der Waals surface area contributed by atoms with Crippen molar-refractivity contribution >= 4 is 29.1 Å². The van der Waals surface area contributed by atoms with Crippen LogP contribution in [0.5, 0.6) is 17.2 Å². The maximum atomic E-state index is 13.1. The van der Waals surface area contributed by atoms with Crippen LogP contribution in [0.3, 0.4) is 0 Å². The van der Waals surface area contributed by atoms with E-state index in [1.165, 1.54) is 33.3 Å². The number of aryl methyl sites for hydroxylation is 1. The van der Waals surface area contributed by atoms with Gasteiger partial charge >= 0.3 is 0 Å². The number of carbonyl (C=O) groups excluding carboxylic acids is 2. The second-order valence-electron chi connectivity index (χ2n) is 7.43. The lowest BCUT2D eigenvalue weighted by molar-refractivity contribution is -0.140. The molecule has 1 saturated heterocycles. The van der Waals surface area contributed by atoms with Crippen molar-refractivity contribution in [3.63, 3.8) is 0 Å². The molecule has 3 rings (SSSR count). The first-order chi connectivity index (χ1) is 15.8. The number of hydrogen-bond donors (Lipinski definition) is 1. The minimum atomic E-state index is -0.885. The third-order valence-corrected chi connectivity index (χ3v) is 5.73. The van der Waals surface area contributed by atoms with Crippen LogP contribution in [0.4, 0.5) is 0 Å². The Hall–Kier alpha value is -3.23. The molecular weight excluding hydrogens is 450 g/mol. The molecule has 1 N–H and O–H groups in total. The molecule has 2 aromatic rings. The summed E-state index contributed by atoms with van der Waals surface area (Å²) in [5.41, 5.74) is 1.45. The number of benzene rings is 2. The molecule has 9 heteroatoms. The molecule has 0 aliphatic carbocycles. The lowest BCUT2D eigenvalue weighted by Crippen LogP contribution is -2.32. The number of likely N-dealkylation sites (tertiary alicyclic amines) is 1. The van der Waals surface area contributed by atoms with Gasteiger partial charge in [0.25, 0.3) is 11.7 Å². The molecule has 0 bridgehead atoms. The number of Topliss-reactive ketones (excluding diaryl/α,β-unsaturated/α-hetero) is 1. The standard InChI is InChI=1S/C24H26ClNO7/c1-13-10-15(23(33-5)16(25)11-13)21(27)19-20(26(8-9-30-2)24(29)22(19)28)14-6-7-17(31-3)18(12-14)32-4/h6-7,10-12,20,27H,8-9H2,1-5H3/b21-19+. The van der Waals surface area contributed by atoms with E-state index < -0.39 is 17.7 Å². The van der Waals surface area contributed by atoms with Gasteiger partial charge in [-0.05, 0) is 42.3 Å². The molecule has 2 aromatic carbocycles. The molecule has 1 aliphatic rings. The highest BCUT2D eigenvalue weighted by atomic mass is 35.5. The number of rotatable bonds is 8. The monoisotopic (exact) mass is 475 g/mol. The Morgan fingerprint density at radius 1 is 1.03 bits per heavy atom. The van der Waals surface area contributed by atoms with Gasteiger partial charge in [-0.15, -0.1) is 0 Å². The maximum Gasteiger partial charge on any atom is 0.295 e. The normalized spacial score (nSPS) is 17.4. The van der Waals surface area contributed by atoms with Gasteiger partial charge in [0.15, 0.2) is 11.5 Å². The fraction of sp³-hybridized carbons (Fsp3) is 0.333. The fourth-order valence-electron chi connectivity index (χ4n) is 3.93. The zero-order valence-electron chi connectivity index (χ0n) is 19.1. The van der Waals surface area contributed by atoms with Crippen molar-refractivity contribution in [3.8, 4) is 17.2 Å². The van der Waals surface area contributed by atoms with Crippen LogP contribution in [0.1, 0.15) is 22.7 Å². The lowest BCUT2D eigenvalue weighted by atomic mass is 9.94. The zero-order chi connectivity index (χ0) is 24.3. The fourth-order valence-corrected chi connectivity index (χ4v) is 4.28. The van der Waals surface area contributed by atoms with Crippen molar-refractivity contribution in [2.24, 2.45) is 0 Å². The number of carbonyl (C=O) groups is 2. The molecule has 1 heterocycles. The van der Waals surface area contributed by atoms with E-state index in [9.17, 15) is 14.7 Å². The summed E-state index contributed by atoms with van der Waals surface area (Å²) < 4.78 is 21.2. The summed E-state index contributed by atoms with van der Waals surface area (Å²) in [7, 11) is 5.91. The van der Waals surface area contributed by atoms with E-state index in [0.29, 0.717) is 17.1 Å². The highest BCUT2D eigenvalue weighted by Gasteiger charge is 2.46. The average Bonchev–Trinajstić information content (AvgIpc) is 3.06. The van der Waals surface area contributed by atoms with E-state index in [0.717, 1.165) is 5.56 Å². The van der Waals surface area contributed by atoms with E-state index in [1.54, 1.807) is 37.3 Å². The Morgan fingerprint density at radius 2 is 1.73 bits per heavy atom. The number of halogens is 1. The molecule has 0 radical (unpaired) electrons. The van der Waals surface area contributed by atoms with Crippen LogP contribution in [0.25, 0.3) is 5.76 Å². The number of aliphatic hydroxyl groups is 1. The van der Waals surface area contributed by atoms with Crippen LogP contribution >= 0.6 is 11.6 Å². The summed E-state index contributed by atoms with van der Waals surface area (Å²) in [6, 6.07) is 7.50. The summed E-state index contributed by atoms with van der Waals surface area (Å²) >= 11 is 6.31. The van der Waals surface area contributed by atoms with Gasteiger partial charge in [0.2, 0.25) is 0 Å². The van der Waals surface area contributed by atoms with Gasteiger partial charge in [-0.1, -0.05) is 17.7 Å². The van der Waals surface area contributed by atoms with Gasteiger partial charge in [-0.3, -0.25) is 9.59 Å². The molecular formula is C24H26ClNO7. The number of nitrogens with zero attached hydrogens (tertiary/aromatic N) is 1. The molecule has 176 valence electrons. The summed E-state index contributed by atoms with van der Waals surface area (Å²) in [4.78, 5) is 27.5. The predicted octanol–water partition coefficient (Wildman–Crippen LogP) is 3.74. The van der Waals surface area contributed by atoms with Gasteiger partial charge in [-0.25, -0.2) is 0 Å². The van der Waals surface area contributed by atoms with Crippen LogP contribution in [-0.2, 0) is 14.3 Å². The third-order valence-electron chi connectivity index (χ3n) is 5.45. The van der Waals surface area contributed by atoms with E-state index in [2.05, 4.69) is 0 Å². The Kier molecular flexibility index (Phi) is 7.50. The first kappa shape index (κ1) is 24.4. The number of hydrogen-bond acceptors (Lipinski definition) is 7. The smallest absolute Gasteiger partial charge is 0.295 e. The summed E-state index contributed by atoms with van der Waals surface area (Å²) in [5.74, 6) is -0.829. The van der Waals surface area contributed by atoms with Crippen molar-refractivity contribution in [2.45, 2.75) is 13.0 Å². The van der Waals surface area contributed by atoms with E-state index in [4.69, 9.17) is 30.5 Å². The number of amides is 1. The molecule has 0 spiro atoms. The minimum absolute atomic E-state index is 0.0803. The van der Waals surface area contributed by atoms with Crippen LogP contribution in [0, 0.1) is 6.92 Å². The topological polar surface area (TPSA) is 94.5 Å². The first-order valence-electron chi connectivity index (χ1n) is 10.1. The van der Waals surface area contributed by atoms with Gasteiger partial charge < -0.3 is 29.0 Å². The highest BCUT2D eigenvalue weighted by Crippen LogP contribution is 2.44. The van der Waals surface area contributed by atoms with Crippen LogP contribution < -0.4 is 14.2 Å². The zero-order valence-corrected chi connectivity index (χ0v) is 19.9. The van der Waals surface area contributed by atoms with Crippen molar-refractivity contribution in [2.75, 3.05) is 41.6 Å². The summed E-state index contributed by atoms with van der Waals surface area (Å²) in [5, 5.41) is 11.6. The number of ether oxygens (including phenoxy) is 4. The Balaban J connectivity index is 2.28. The van der Waals surface area contributed by atoms with Gasteiger partial charge in [-0.2, -0.15) is 0 Å². The molecule has 0 aromatic heterocycles. The number of methoxy groups -OCH3 is 4. The maximum absolute atomic E-state index is 13.1. The van der Waals surface area contributed by atoms with Crippen molar-refractivity contribution in [3.05, 3.63) is 57.6 Å². The second-order valence-corrected chi connectivity index (χ2v) is 7.83. The average molecular weight is 476 g/mol. The Labute approximate surface area is 197 Å². The third kappa shape index (κ3) is 4.49. The van der Waals surface area contributed by atoms with E-state index in [1.807, 2.05) is 0 Å². The summed E-state index contributed by atoms with van der Waals surface area (Å²) in [6.45, 7) is 2.14. The molecule has 1 unspecified atom stereocenters. The van der Waals surface area contributed by atoms with Crippen molar-refractivity contribution in [1.29, 1.82) is 0 Å². The molecule has 1 fully saturated rings. The summed E-state index contributed by atoms with van der Waals surface area (Å²) in [6.07, 6.45) is 0. The van der Waals surface area contributed by atoms with Crippen LogP contribution in [-0.4, -0.2) is 63.3 Å². The Morgan fingerprint density at radius 3 is 2.33 bits per heavy atom. The van der Waals surface area contributed by atoms with Gasteiger partial charge in [0.05, 0.1) is 50.1 Å². The van der Waals surface area contributed by atoms with E-state index >= 15 is 0 Å². The second kappa shape index (κ2) is 10.1. The molecule has 1 amide bonds. The van der Waals surface area contributed by atoms with Crippen LogP contribution in [0.2, 0.25) is 5.02 Å². The minimum Gasteiger partial charge on any atom is -0.507 e. The van der Waals surface area contributed by atoms with Gasteiger partial charge in [0, 0.05) is 13.7 Å². The molecule has 1 aliphatic heterocycles. The largest absolute Gasteiger partial charge is 0.507 e. The van der Waals surface area contributed by atoms with E-state index in [-0.39, 0.29) is 40.8 Å². The van der Waals surface area contributed by atoms with Crippen molar-refractivity contribution < 1.29 is 33.6 Å².